The van der Waals surface area contributed by atoms with E-state index in [1.807, 2.05) is 6.92 Å². The molecule has 1 unspecified atom stereocenters. The van der Waals surface area contributed by atoms with Crippen molar-refractivity contribution in [3.05, 3.63) is 27.7 Å². The summed E-state index contributed by atoms with van der Waals surface area (Å²) in [6.45, 7) is 14.2. The third-order valence-electron chi connectivity index (χ3n) is 4.83. The quantitative estimate of drug-likeness (QED) is 0.903. The zero-order valence-corrected chi connectivity index (χ0v) is 14.3. The summed E-state index contributed by atoms with van der Waals surface area (Å²) < 4.78 is 2.13. The summed E-state index contributed by atoms with van der Waals surface area (Å²) in [4.78, 5) is 16.7. The highest BCUT2D eigenvalue weighted by atomic mass is 16.3. The lowest BCUT2D eigenvalue weighted by molar-refractivity contribution is 0.127. The first-order chi connectivity index (χ1) is 10.5. The molecule has 22 heavy (non-hydrogen) atoms. The molecule has 0 saturated carbocycles. The summed E-state index contributed by atoms with van der Waals surface area (Å²) in [7, 11) is 0. The van der Waals surface area contributed by atoms with Crippen molar-refractivity contribution < 1.29 is 5.11 Å². The van der Waals surface area contributed by atoms with E-state index >= 15 is 0 Å². The summed E-state index contributed by atoms with van der Waals surface area (Å²) in [6.07, 6.45) is 0.972. The maximum atomic E-state index is 12.0. The van der Waals surface area contributed by atoms with Gasteiger partial charge in [-0.3, -0.25) is 9.69 Å². The Morgan fingerprint density at radius 1 is 1.18 bits per heavy atom. The molecule has 0 amide bonds. The standard InChI is InChI=1S/C17H29N3O2/c1-5-13(3)20-14(4)11-16(21)17(22)15(20)12-19-9-7-18(6-2)8-10-19/h11,13,22H,5-10,12H2,1-4H3. The number of hydrogen-bond donors (Lipinski definition) is 1. The fourth-order valence-corrected chi connectivity index (χ4v) is 3.22. The van der Waals surface area contributed by atoms with Crippen LogP contribution in [0.15, 0.2) is 10.9 Å². The molecule has 1 saturated heterocycles. The summed E-state index contributed by atoms with van der Waals surface area (Å²) >= 11 is 0. The molecule has 1 aliphatic rings. The number of rotatable bonds is 5. The first-order valence-corrected chi connectivity index (χ1v) is 8.36. The average molecular weight is 307 g/mol. The number of aryl methyl sites for hydroxylation is 1. The molecule has 1 aromatic rings. The first kappa shape index (κ1) is 17.0. The second kappa shape index (κ2) is 7.29. The van der Waals surface area contributed by atoms with Gasteiger partial charge in [0.2, 0.25) is 5.43 Å². The van der Waals surface area contributed by atoms with E-state index in [-0.39, 0.29) is 17.2 Å². The zero-order chi connectivity index (χ0) is 16.3. The van der Waals surface area contributed by atoms with Crippen molar-refractivity contribution in [2.24, 2.45) is 0 Å². The van der Waals surface area contributed by atoms with Gasteiger partial charge in [0.1, 0.15) is 0 Å². The van der Waals surface area contributed by atoms with Gasteiger partial charge in [-0.15, -0.1) is 0 Å². The summed E-state index contributed by atoms with van der Waals surface area (Å²) in [5, 5.41) is 10.3. The van der Waals surface area contributed by atoms with Crippen LogP contribution in [0.1, 0.15) is 44.6 Å². The number of nitrogens with zero attached hydrogens (tertiary/aromatic N) is 3. The van der Waals surface area contributed by atoms with Crippen LogP contribution in [0.4, 0.5) is 0 Å². The topological polar surface area (TPSA) is 48.7 Å². The second-order valence-corrected chi connectivity index (χ2v) is 6.28. The van der Waals surface area contributed by atoms with Crippen molar-refractivity contribution in [1.29, 1.82) is 0 Å². The Balaban J connectivity index is 2.28. The monoisotopic (exact) mass is 307 g/mol. The molecule has 5 heteroatoms. The summed E-state index contributed by atoms with van der Waals surface area (Å²) in [5.41, 5.74) is 1.43. The lowest BCUT2D eigenvalue weighted by atomic mass is 10.1. The van der Waals surface area contributed by atoms with Gasteiger partial charge < -0.3 is 14.6 Å². The van der Waals surface area contributed by atoms with E-state index < -0.39 is 0 Å². The van der Waals surface area contributed by atoms with Crippen LogP contribution in [0.25, 0.3) is 0 Å². The Labute approximate surface area is 133 Å². The van der Waals surface area contributed by atoms with Crippen LogP contribution in [0.2, 0.25) is 0 Å². The van der Waals surface area contributed by atoms with Gasteiger partial charge in [-0.05, 0) is 26.8 Å². The highest BCUT2D eigenvalue weighted by Crippen LogP contribution is 2.23. The summed E-state index contributed by atoms with van der Waals surface area (Å²) in [6, 6.07) is 1.82. The minimum absolute atomic E-state index is 0.0798. The Morgan fingerprint density at radius 3 is 2.32 bits per heavy atom. The Morgan fingerprint density at radius 2 is 1.77 bits per heavy atom. The first-order valence-electron chi connectivity index (χ1n) is 8.36. The third-order valence-corrected chi connectivity index (χ3v) is 4.83. The van der Waals surface area contributed by atoms with Gasteiger partial charge in [0.05, 0.1) is 5.69 Å². The smallest absolute Gasteiger partial charge is 0.223 e. The maximum Gasteiger partial charge on any atom is 0.223 e. The molecule has 1 fully saturated rings. The van der Waals surface area contributed by atoms with Crippen LogP contribution >= 0.6 is 0 Å². The molecule has 5 nitrogen and oxygen atoms in total. The molecular formula is C17H29N3O2. The molecule has 0 bridgehead atoms. The van der Waals surface area contributed by atoms with Crippen LogP contribution < -0.4 is 5.43 Å². The molecule has 1 N–H and O–H groups in total. The molecule has 0 aliphatic carbocycles. The normalized spacial score (nSPS) is 18.5. The van der Waals surface area contributed by atoms with Crippen molar-refractivity contribution in [2.75, 3.05) is 32.7 Å². The molecule has 0 aromatic carbocycles. The number of aromatic nitrogens is 1. The molecule has 1 aliphatic heterocycles. The number of aromatic hydroxyl groups is 1. The lowest BCUT2D eigenvalue weighted by Crippen LogP contribution is -2.46. The minimum Gasteiger partial charge on any atom is -0.503 e. The van der Waals surface area contributed by atoms with Crippen molar-refractivity contribution in [2.45, 2.75) is 46.7 Å². The van der Waals surface area contributed by atoms with Gasteiger partial charge in [0.15, 0.2) is 5.75 Å². The van der Waals surface area contributed by atoms with Gasteiger partial charge in [-0.25, -0.2) is 0 Å². The van der Waals surface area contributed by atoms with E-state index in [1.54, 1.807) is 6.07 Å². The van der Waals surface area contributed by atoms with Crippen molar-refractivity contribution in [3.63, 3.8) is 0 Å². The SMILES string of the molecule is CCC(C)n1c(C)cc(=O)c(O)c1CN1CCN(CC)CC1. The molecule has 124 valence electrons. The predicted molar refractivity (Wildman–Crippen MR) is 89.5 cm³/mol. The average Bonchev–Trinajstić information content (AvgIpc) is 2.52. The van der Waals surface area contributed by atoms with Gasteiger partial charge in [0, 0.05) is 50.5 Å². The number of piperazine rings is 1. The number of hydrogen-bond acceptors (Lipinski definition) is 4. The number of likely N-dealkylation sites (N-methyl/N-ethyl adjacent to an activating group) is 1. The molecule has 0 spiro atoms. The minimum atomic E-state index is -0.265. The van der Waals surface area contributed by atoms with Gasteiger partial charge in [0.25, 0.3) is 0 Å². The molecule has 2 heterocycles. The molecule has 1 aromatic heterocycles. The molecule has 2 rings (SSSR count). The highest BCUT2D eigenvalue weighted by Gasteiger charge is 2.21. The van der Waals surface area contributed by atoms with E-state index in [0.717, 1.165) is 50.5 Å². The van der Waals surface area contributed by atoms with E-state index in [0.29, 0.717) is 6.54 Å². The van der Waals surface area contributed by atoms with Crippen LogP contribution in [0.3, 0.4) is 0 Å². The van der Waals surface area contributed by atoms with Gasteiger partial charge in [-0.2, -0.15) is 0 Å². The molecule has 0 radical (unpaired) electrons. The Hall–Kier alpha value is -1.33. The number of pyridine rings is 1. The predicted octanol–water partition coefficient (Wildman–Crippen LogP) is 1.97. The Bertz CT molecular complexity index is 560. The van der Waals surface area contributed by atoms with Gasteiger partial charge >= 0.3 is 0 Å². The highest BCUT2D eigenvalue weighted by molar-refractivity contribution is 5.30. The fraction of sp³-hybridized carbons (Fsp3) is 0.706. The van der Waals surface area contributed by atoms with E-state index in [1.165, 1.54) is 0 Å². The van der Waals surface area contributed by atoms with Crippen molar-refractivity contribution >= 4 is 0 Å². The van der Waals surface area contributed by atoms with E-state index in [9.17, 15) is 9.90 Å². The third kappa shape index (κ3) is 3.52. The van der Waals surface area contributed by atoms with E-state index in [4.69, 9.17) is 0 Å². The van der Waals surface area contributed by atoms with Gasteiger partial charge in [-0.1, -0.05) is 13.8 Å². The summed E-state index contributed by atoms with van der Waals surface area (Å²) in [5.74, 6) is -0.0798. The van der Waals surface area contributed by atoms with Crippen LogP contribution in [0.5, 0.6) is 5.75 Å². The molecular weight excluding hydrogens is 278 g/mol. The maximum absolute atomic E-state index is 12.0. The van der Waals surface area contributed by atoms with E-state index in [2.05, 4.69) is 35.1 Å². The fourth-order valence-electron chi connectivity index (χ4n) is 3.22. The Kier molecular flexibility index (Phi) is 5.64. The molecule has 1 atom stereocenters. The van der Waals surface area contributed by atoms with Crippen molar-refractivity contribution in [3.8, 4) is 5.75 Å². The van der Waals surface area contributed by atoms with Crippen LogP contribution in [-0.4, -0.2) is 52.2 Å². The van der Waals surface area contributed by atoms with Crippen LogP contribution in [0, 0.1) is 6.92 Å². The second-order valence-electron chi connectivity index (χ2n) is 6.28. The largest absolute Gasteiger partial charge is 0.503 e. The van der Waals surface area contributed by atoms with Crippen LogP contribution in [-0.2, 0) is 6.54 Å². The zero-order valence-electron chi connectivity index (χ0n) is 14.3. The van der Waals surface area contributed by atoms with Crippen molar-refractivity contribution in [1.82, 2.24) is 14.4 Å². The lowest BCUT2D eigenvalue weighted by Gasteiger charge is -2.35.